The molecule has 1 heterocycles. The Hall–Kier alpha value is -0.570. The number of hydrogen-bond donors (Lipinski definition) is 1. The predicted molar refractivity (Wildman–Crippen MR) is 50.1 cm³/mol. The largest absolute Gasteiger partial charge is 0.362 e. The number of thiazole rings is 1. The highest BCUT2D eigenvalue weighted by atomic mass is 32.1. The van der Waals surface area contributed by atoms with E-state index in [0.29, 0.717) is 0 Å². The molecule has 0 amide bonds. The van der Waals surface area contributed by atoms with Crippen LogP contribution in [0, 0.1) is 5.92 Å². The summed E-state index contributed by atoms with van der Waals surface area (Å²) in [6, 6.07) is 0. The molecule has 3 heteroatoms. The van der Waals surface area contributed by atoms with Gasteiger partial charge in [0.2, 0.25) is 0 Å². The second kappa shape index (κ2) is 4.34. The molecule has 1 rings (SSSR count). The molecule has 1 aromatic rings. The molecule has 0 saturated heterocycles. The lowest BCUT2D eigenvalue weighted by molar-refractivity contribution is 0.607. The lowest BCUT2D eigenvalue weighted by Gasteiger charge is -2.04. The third-order valence-corrected chi connectivity index (χ3v) is 2.16. The van der Waals surface area contributed by atoms with Crippen molar-refractivity contribution in [1.29, 1.82) is 0 Å². The minimum Gasteiger partial charge on any atom is -0.362 e. The Morgan fingerprint density at radius 1 is 1.64 bits per heavy atom. The van der Waals surface area contributed by atoms with Gasteiger partial charge < -0.3 is 5.32 Å². The molecule has 0 aliphatic carbocycles. The number of hydrogen-bond acceptors (Lipinski definition) is 3. The van der Waals surface area contributed by atoms with Gasteiger partial charge in [0.25, 0.3) is 0 Å². The Balaban J connectivity index is 2.14. The number of nitrogens with zero attached hydrogens (tertiary/aromatic N) is 1. The number of nitrogens with one attached hydrogen (secondary N) is 1. The van der Waals surface area contributed by atoms with Crippen LogP contribution in [0.15, 0.2) is 11.6 Å². The van der Waals surface area contributed by atoms with Gasteiger partial charge in [0.1, 0.15) is 0 Å². The Morgan fingerprint density at radius 2 is 2.45 bits per heavy atom. The molecule has 0 atom stereocenters. The van der Waals surface area contributed by atoms with Crippen molar-refractivity contribution in [3.05, 3.63) is 11.6 Å². The molecule has 0 bridgehead atoms. The highest BCUT2D eigenvalue weighted by Crippen LogP contribution is 2.10. The van der Waals surface area contributed by atoms with E-state index < -0.39 is 0 Å². The molecule has 0 aromatic carbocycles. The minimum atomic E-state index is 0.766. The van der Waals surface area contributed by atoms with E-state index in [0.717, 1.165) is 17.6 Å². The molecule has 1 aromatic heterocycles. The lowest BCUT2D eigenvalue weighted by Crippen LogP contribution is -2.03. The third-order valence-electron chi connectivity index (χ3n) is 1.43. The van der Waals surface area contributed by atoms with Crippen LogP contribution in [0.5, 0.6) is 0 Å². The van der Waals surface area contributed by atoms with Crippen molar-refractivity contribution in [2.45, 2.75) is 20.3 Å². The fraction of sp³-hybridized carbons (Fsp3) is 0.625. The first-order chi connectivity index (χ1) is 5.29. The smallest absolute Gasteiger partial charge is 0.182 e. The van der Waals surface area contributed by atoms with Gasteiger partial charge in [0, 0.05) is 18.1 Å². The Labute approximate surface area is 71.7 Å². The average molecular weight is 170 g/mol. The summed E-state index contributed by atoms with van der Waals surface area (Å²) in [5.41, 5.74) is 0. The SMILES string of the molecule is CC(C)CCNc1nccs1. The zero-order valence-corrected chi connectivity index (χ0v) is 7.82. The highest BCUT2D eigenvalue weighted by Gasteiger charge is 1.95. The molecular formula is C8H14N2S. The van der Waals surface area contributed by atoms with Gasteiger partial charge in [-0.05, 0) is 12.3 Å². The van der Waals surface area contributed by atoms with Crippen LogP contribution < -0.4 is 5.32 Å². The number of anilines is 1. The summed E-state index contributed by atoms with van der Waals surface area (Å²) in [4.78, 5) is 4.12. The third kappa shape index (κ3) is 3.37. The van der Waals surface area contributed by atoms with Gasteiger partial charge in [-0.25, -0.2) is 4.98 Å². The van der Waals surface area contributed by atoms with Crippen LogP contribution >= 0.6 is 11.3 Å². The van der Waals surface area contributed by atoms with E-state index in [2.05, 4.69) is 24.1 Å². The first-order valence-corrected chi connectivity index (χ1v) is 4.80. The Kier molecular flexibility index (Phi) is 3.36. The summed E-state index contributed by atoms with van der Waals surface area (Å²) in [5, 5.41) is 6.28. The lowest BCUT2D eigenvalue weighted by atomic mass is 10.1. The maximum Gasteiger partial charge on any atom is 0.182 e. The molecule has 62 valence electrons. The summed E-state index contributed by atoms with van der Waals surface area (Å²) in [6.45, 7) is 5.48. The monoisotopic (exact) mass is 170 g/mol. The first kappa shape index (κ1) is 8.53. The van der Waals surface area contributed by atoms with Gasteiger partial charge in [0.05, 0.1) is 0 Å². The summed E-state index contributed by atoms with van der Waals surface area (Å²) in [6.07, 6.45) is 3.03. The van der Waals surface area contributed by atoms with Crippen molar-refractivity contribution in [1.82, 2.24) is 4.98 Å². The van der Waals surface area contributed by atoms with Gasteiger partial charge in [-0.2, -0.15) is 0 Å². The van der Waals surface area contributed by atoms with E-state index in [1.165, 1.54) is 6.42 Å². The number of rotatable bonds is 4. The van der Waals surface area contributed by atoms with E-state index in [9.17, 15) is 0 Å². The summed E-state index contributed by atoms with van der Waals surface area (Å²) in [7, 11) is 0. The Morgan fingerprint density at radius 3 is 3.00 bits per heavy atom. The van der Waals surface area contributed by atoms with Crippen LogP contribution in [0.3, 0.4) is 0 Å². The van der Waals surface area contributed by atoms with Gasteiger partial charge >= 0.3 is 0 Å². The quantitative estimate of drug-likeness (QED) is 0.751. The van der Waals surface area contributed by atoms with E-state index in [-0.39, 0.29) is 0 Å². The van der Waals surface area contributed by atoms with Crippen LogP contribution in [0.25, 0.3) is 0 Å². The summed E-state index contributed by atoms with van der Waals surface area (Å²) in [5.74, 6) is 0.766. The normalized spacial score (nSPS) is 10.5. The Bertz CT molecular complexity index is 182. The predicted octanol–water partition coefficient (Wildman–Crippen LogP) is 2.60. The topological polar surface area (TPSA) is 24.9 Å². The zero-order valence-electron chi connectivity index (χ0n) is 7.00. The van der Waals surface area contributed by atoms with Crippen LogP contribution in [-0.4, -0.2) is 11.5 Å². The van der Waals surface area contributed by atoms with Crippen molar-refractivity contribution in [3.63, 3.8) is 0 Å². The van der Waals surface area contributed by atoms with E-state index in [1.54, 1.807) is 11.3 Å². The fourth-order valence-corrected chi connectivity index (χ4v) is 1.34. The molecule has 0 fully saturated rings. The van der Waals surface area contributed by atoms with Crippen molar-refractivity contribution in [2.24, 2.45) is 5.92 Å². The van der Waals surface area contributed by atoms with Crippen LogP contribution in [0.1, 0.15) is 20.3 Å². The van der Waals surface area contributed by atoms with Gasteiger partial charge in [-0.3, -0.25) is 0 Å². The zero-order chi connectivity index (χ0) is 8.10. The molecule has 0 unspecified atom stereocenters. The van der Waals surface area contributed by atoms with Crippen molar-refractivity contribution >= 4 is 16.5 Å². The maximum atomic E-state index is 4.12. The molecule has 0 aliphatic heterocycles. The second-order valence-electron chi connectivity index (χ2n) is 2.95. The molecular weight excluding hydrogens is 156 g/mol. The molecule has 2 nitrogen and oxygen atoms in total. The summed E-state index contributed by atoms with van der Waals surface area (Å²) >= 11 is 1.65. The molecule has 1 N–H and O–H groups in total. The summed E-state index contributed by atoms with van der Waals surface area (Å²) < 4.78 is 0. The first-order valence-electron chi connectivity index (χ1n) is 3.92. The molecule has 0 aliphatic rings. The second-order valence-corrected chi connectivity index (χ2v) is 3.84. The van der Waals surface area contributed by atoms with Crippen molar-refractivity contribution in [3.8, 4) is 0 Å². The maximum absolute atomic E-state index is 4.12. The molecule has 0 radical (unpaired) electrons. The van der Waals surface area contributed by atoms with Crippen molar-refractivity contribution in [2.75, 3.05) is 11.9 Å². The van der Waals surface area contributed by atoms with Gasteiger partial charge in [-0.1, -0.05) is 13.8 Å². The van der Waals surface area contributed by atoms with Crippen molar-refractivity contribution < 1.29 is 0 Å². The van der Waals surface area contributed by atoms with Crippen LogP contribution in [0.2, 0.25) is 0 Å². The molecule has 0 saturated carbocycles. The standard InChI is InChI=1S/C8H14N2S/c1-7(2)3-4-9-8-10-5-6-11-8/h5-7H,3-4H2,1-2H3,(H,9,10). The average Bonchev–Trinajstić information content (AvgIpc) is 2.39. The highest BCUT2D eigenvalue weighted by molar-refractivity contribution is 7.13. The fourth-order valence-electron chi connectivity index (χ4n) is 0.779. The molecule has 0 spiro atoms. The molecule has 11 heavy (non-hydrogen) atoms. The van der Waals surface area contributed by atoms with E-state index in [4.69, 9.17) is 0 Å². The number of aromatic nitrogens is 1. The van der Waals surface area contributed by atoms with Crippen LogP contribution in [0.4, 0.5) is 5.13 Å². The van der Waals surface area contributed by atoms with Crippen LogP contribution in [-0.2, 0) is 0 Å². The van der Waals surface area contributed by atoms with E-state index >= 15 is 0 Å². The van der Waals surface area contributed by atoms with Gasteiger partial charge in [0.15, 0.2) is 5.13 Å². The minimum absolute atomic E-state index is 0.766. The van der Waals surface area contributed by atoms with Gasteiger partial charge in [-0.15, -0.1) is 11.3 Å². The van der Waals surface area contributed by atoms with E-state index in [1.807, 2.05) is 11.6 Å².